The van der Waals surface area contributed by atoms with Crippen molar-refractivity contribution in [3.8, 4) is 11.8 Å². The van der Waals surface area contributed by atoms with E-state index in [1.165, 1.54) is 12.1 Å². The molecule has 0 fully saturated rings. The van der Waals surface area contributed by atoms with Gasteiger partial charge >= 0.3 is 0 Å². The van der Waals surface area contributed by atoms with Crippen LogP contribution in [0.25, 0.3) is 0 Å². The molecule has 0 aliphatic carbocycles. The Bertz CT molecular complexity index is 527. The van der Waals surface area contributed by atoms with Crippen LogP contribution in [0.3, 0.4) is 0 Å². The fraction of sp³-hybridized carbons (Fsp3) is 0.308. The summed E-state index contributed by atoms with van der Waals surface area (Å²) in [7, 11) is 0. The van der Waals surface area contributed by atoms with Gasteiger partial charge in [-0.2, -0.15) is 0 Å². The molecule has 1 amide bonds. The van der Waals surface area contributed by atoms with Crippen LogP contribution in [0.1, 0.15) is 29.3 Å². The van der Waals surface area contributed by atoms with E-state index in [-0.39, 0.29) is 11.3 Å². The highest BCUT2D eigenvalue weighted by Crippen LogP contribution is 2.19. The lowest BCUT2D eigenvalue weighted by atomic mass is 10.1. The van der Waals surface area contributed by atoms with E-state index < -0.39 is 10.8 Å². The first kappa shape index (κ1) is 13.7. The molecule has 18 heavy (non-hydrogen) atoms. The van der Waals surface area contributed by atoms with Crippen LogP contribution >= 0.6 is 0 Å². The molecule has 0 unspecified atom stereocenters. The summed E-state index contributed by atoms with van der Waals surface area (Å²) in [5.41, 5.74) is 0.711. The van der Waals surface area contributed by atoms with Crippen molar-refractivity contribution < 1.29 is 9.72 Å². The normalized spacial score (nSPS) is 9.22. The van der Waals surface area contributed by atoms with Crippen LogP contribution in [0, 0.1) is 28.9 Å². The molecule has 5 nitrogen and oxygen atoms in total. The minimum absolute atomic E-state index is 0.0875. The van der Waals surface area contributed by atoms with Crippen LogP contribution in [0.2, 0.25) is 0 Å². The lowest BCUT2D eigenvalue weighted by Crippen LogP contribution is -2.25. The lowest BCUT2D eigenvalue weighted by Gasteiger charge is -2.05. The Morgan fingerprint density at radius 3 is 2.83 bits per heavy atom. The van der Waals surface area contributed by atoms with Gasteiger partial charge in [0, 0.05) is 19.0 Å². The van der Waals surface area contributed by atoms with E-state index in [4.69, 9.17) is 0 Å². The molecule has 1 N–H and O–H groups in total. The van der Waals surface area contributed by atoms with Crippen LogP contribution in [-0.4, -0.2) is 17.4 Å². The Labute approximate surface area is 105 Å². The number of carbonyl (C=O) groups is 1. The van der Waals surface area contributed by atoms with E-state index >= 15 is 0 Å². The van der Waals surface area contributed by atoms with Crippen molar-refractivity contribution in [1.82, 2.24) is 5.32 Å². The van der Waals surface area contributed by atoms with Gasteiger partial charge in [0.15, 0.2) is 0 Å². The average Bonchev–Trinajstić information content (AvgIpc) is 2.34. The Hall–Kier alpha value is -2.35. The van der Waals surface area contributed by atoms with E-state index in [9.17, 15) is 14.9 Å². The third kappa shape index (κ3) is 3.59. The molecule has 0 saturated heterocycles. The Balaban J connectivity index is 2.85. The SMILES string of the molecule is CC#CCCNC(=O)c1cc(C)ccc1[N+](=O)[O-]. The first-order valence-corrected chi connectivity index (χ1v) is 5.49. The molecule has 0 aliphatic rings. The van der Waals surface area contributed by atoms with Crippen molar-refractivity contribution in [1.29, 1.82) is 0 Å². The molecule has 1 aromatic rings. The van der Waals surface area contributed by atoms with Gasteiger partial charge in [-0.3, -0.25) is 14.9 Å². The second kappa shape index (κ2) is 6.40. The van der Waals surface area contributed by atoms with Crippen LogP contribution in [-0.2, 0) is 0 Å². The van der Waals surface area contributed by atoms with Gasteiger partial charge < -0.3 is 5.32 Å². The second-order valence-corrected chi connectivity index (χ2v) is 3.71. The molecule has 0 atom stereocenters. The van der Waals surface area contributed by atoms with Gasteiger partial charge in [-0.25, -0.2) is 0 Å². The van der Waals surface area contributed by atoms with Crippen LogP contribution in [0.15, 0.2) is 18.2 Å². The molecular formula is C13H14N2O3. The maximum Gasteiger partial charge on any atom is 0.282 e. The zero-order chi connectivity index (χ0) is 13.5. The summed E-state index contributed by atoms with van der Waals surface area (Å²) in [6.45, 7) is 3.88. The number of nitrogens with zero attached hydrogens (tertiary/aromatic N) is 1. The maximum absolute atomic E-state index is 11.8. The first-order chi connectivity index (χ1) is 8.56. The predicted molar refractivity (Wildman–Crippen MR) is 68.2 cm³/mol. The number of nitro benzene ring substituents is 1. The highest BCUT2D eigenvalue weighted by molar-refractivity contribution is 5.98. The number of hydrogen-bond donors (Lipinski definition) is 1. The van der Waals surface area contributed by atoms with Crippen molar-refractivity contribution in [2.75, 3.05) is 6.54 Å². The van der Waals surface area contributed by atoms with Crippen molar-refractivity contribution in [2.24, 2.45) is 0 Å². The third-order valence-corrected chi connectivity index (χ3v) is 2.31. The fourth-order valence-electron chi connectivity index (χ4n) is 1.45. The first-order valence-electron chi connectivity index (χ1n) is 5.49. The molecule has 0 bridgehead atoms. The van der Waals surface area contributed by atoms with E-state index in [0.29, 0.717) is 13.0 Å². The zero-order valence-corrected chi connectivity index (χ0v) is 10.3. The smallest absolute Gasteiger partial charge is 0.282 e. The van der Waals surface area contributed by atoms with E-state index in [1.54, 1.807) is 19.9 Å². The second-order valence-electron chi connectivity index (χ2n) is 3.71. The summed E-state index contributed by atoms with van der Waals surface area (Å²) < 4.78 is 0. The van der Waals surface area contributed by atoms with Gasteiger partial charge in [-0.1, -0.05) is 6.07 Å². The number of carbonyl (C=O) groups excluding carboxylic acids is 1. The zero-order valence-electron chi connectivity index (χ0n) is 10.3. The minimum atomic E-state index is -0.555. The minimum Gasteiger partial charge on any atom is -0.351 e. The number of hydrogen-bond acceptors (Lipinski definition) is 3. The molecule has 0 radical (unpaired) electrons. The molecule has 94 valence electrons. The van der Waals surface area contributed by atoms with Crippen molar-refractivity contribution in [2.45, 2.75) is 20.3 Å². The topological polar surface area (TPSA) is 72.2 Å². The molecule has 1 rings (SSSR count). The molecule has 5 heteroatoms. The number of benzene rings is 1. The van der Waals surface area contributed by atoms with Gasteiger partial charge in [0.2, 0.25) is 0 Å². The molecule has 0 saturated carbocycles. The number of nitrogens with one attached hydrogen (secondary N) is 1. The average molecular weight is 246 g/mol. The quantitative estimate of drug-likeness (QED) is 0.382. The van der Waals surface area contributed by atoms with E-state index in [1.807, 2.05) is 0 Å². The standard InChI is InChI=1S/C13H14N2O3/c1-3-4-5-8-14-13(16)11-9-10(2)6-7-12(11)15(17)18/h6-7,9H,5,8H2,1-2H3,(H,14,16). The van der Waals surface area contributed by atoms with Gasteiger partial charge in [-0.15, -0.1) is 11.8 Å². The summed E-state index contributed by atoms with van der Waals surface area (Å²) in [6.07, 6.45) is 0.530. The summed E-state index contributed by atoms with van der Waals surface area (Å²) >= 11 is 0. The van der Waals surface area contributed by atoms with Gasteiger partial charge in [-0.05, 0) is 25.5 Å². The Morgan fingerprint density at radius 1 is 1.50 bits per heavy atom. The number of aryl methyl sites for hydroxylation is 1. The Morgan fingerprint density at radius 2 is 2.22 bits per heavy atom. The van der Waals surface area contributed by atoms with Gasteiger partial charge in [0.25, 0.3) is 11.6 Å². The summed E-state index contributed by atoms with van der Waals surface area (Å²) in [6, 6.07) is 4.46. The number of amides is 1. The van der Waals surface area contributed by atoms with Gasteiger partial charge in [0.05, 0.1) is 4.92 Å². The number of rotatable bonds is 4. The van der Waals surface area contributed by atoms with Crippen LogP contribution in [0.4, 0.5) is 5.69 Å². The maximum atomic E-state index is 11.8. The fourth-order valence-corrected chi connectivity index (χ4v) is 1.45. The summed E-state index contributed by atoms with van der Waals surface area (Å²) in [5.74, 6) is 5.07. The van der Waals surface area contributed by atoms with Gasteiger partial charge in [0.1, 0.15) is 5.56 Å². The highest BCUT2D eigenvalue weighted by Gasteiger charge is 2.19. The third-order valence-electron chi connectivity index (χ3n) is 2.31. The van der Waals surface area contributed by atoms with Crippen molar-refractivity contribution in [3.05, 3.63) is 39.4 Å². The highest BCUT2D eigenvalue weighted by atomic mass is 16.6. The number of nitro groups is 1. The van der Waals surface area contributed by atoms with Crippen molar-refractivity contribution >= 4 is 11.6 Å². The molecule has 0 aliphatic heterocycles. The monoisotopic (exact) mass is 246 g/mol. The Kier molecular flexibility index (Phi) is 4.88. The molecule has 1 aromatic carbocycles. The summed E-state index contributed by atoms with van der Waals surface area (Å²) in [4.78, 5) is 22.1. The van der Waals surface area contributed by atoms with Crippen LogP contribution in [0.5, 0.6) is 0 Å². The van der Waals surface area contributed by atoms with E-state index in [2.05, 4.69) is 17.2 Å². The largest absolute Gasteiger partial charge is 0.351 e. The van der Waals surface area contributed by atoms with Crippen molar-refractivity contribution in [3.63, 3.8) is 0 Å². The molecular weight excluding hydrogens is 232 g/mol. The predicted octanol–water partition coefficient (Wildman–Crippen LogP) is 2.05. The lowest BCUT2D eigenvalue weighted by molar-refractivity contribution is -0.385. The molecule has 0 heterocycles. The molecule has 0 aromatic heterocycles. The van der Waals surface area contributed by atoms with E-state index in [0.717, 1.165) is 5.56 Å². The van der Waals surface area contributed by atoms with Crippen LogP contribution < -0.4 is 5.32 Å². The molecule has 0 spiro atoms. The summed E-state index contributed by atoms with van der Waals surface area (Å²) in [5, 5.41) is 13.4.